The maximum Gasteiger partial charge on any atom is 0.405 e. The normalized spacial score (nSPS) is 16.9. The second-order valence-electron chi connectivity index (χ2n) is 8.82. The SMILES string of the molecule is Cc1nnc2nc(N3CCCOc4c(C#CC5(C(F)(F)F)CC5)cccc43)c3cc(F)ccc3n12. The van der Waals surface area contributed by atoms with Crippen LogP contribution in [-0.4, -0.2) is 38.9 Å². The molecule has 0 bridgehead atoms. The maximum absolute atomic E-state index is 14.3. The summed E-state index contributed by atoms with van der Waals surface area (Å²) in [5.74, 6) is 6.60. The number of hydrogen-bond donors (Lipinski definition) is 0. The lowest BCUT2D eigenvalue weighted by Gasteiger charge is -2.25. The average Bonchev–Trinajstić information content (AvgIpc) is 3.58. The monoisotopic (exact) mass is 481 g/mol. The van der Waals surface area contributed by atoms with E-state index >= 15 is 0 Å². The van der Waals surface area contributed by atoms with E-state index in [9.17, 15) is 17.6 Å². The standard InChI is InChI=1S/C25H19F4N5O/c1-15-31-32-23-30-22(18-14-17(26)6-7-19(18)34(15)23)33-12-3-13-35-21-16(4-2-5-20(21)33)8-9-24(10-11-24)25(27,28)29/h2,4-7,14H,3,10-13H2,1H3. The Balaban J connectivity index is 1.53. The average molecular weight is 481 g/mol. The number of nitrogens with zero attached hydrogens (tertiary/aromatic N) is 5. The molecule has 0 amide bonds. The molecule has 1 aliphatic heterocycles. The molecule has 2 aliphatic rings. The molecule has 0 radical (unpaired) electrons. The van der Waals surface area contributed by atoms with Gasteiger partial charge in [-0.25, -0.2) is 4.39 Å². The minimum atomic E-state index is -4.36. The van der Waals surface area contributed by atoms with Gasteiger partial charge >= 0.3 is 6.18 Å². The van der Waals surface area contributed by atoms with Gasteiger partial charge in [0.05, 0.1) is 23.4 Å². The second-order valence-corrected chi connectivity index (χ2v) is 8.82. The van der Waals surface area contributed by atoms with Crippen molar-refractivity contribution < 1.29 is 22.3 Å². The number of benzene rings is 2. The highest BCUT2D eigenvalue weighted by molar-refractivity contribution is 5.94. The van der Waals surface area contributed by atoms with Crippen molar-refractivity contribution in [1.82, 2.24) is 19.6 Å². The summed E-state index contributed by atoms with van der Waals surface area (Å²) >= 11 is 0. The van der Waals surface area contributed by atoms with Gasteiger partial charge in [-0.1, -0.05) is 17.9 Å². The summed E-state index contributed by atoms with van der Waals surface area (Å²) in [6, 6.07) is 9.60. The van der Waals surface area contributed by atoms with E-state index in [2.05, 4.69) is 22.0 Å². The van der Waals surface area contributed by atoms with Crippen molar-refractivity contribution in [2.45, 2.75) is 32.4 Å². The molecule has 1 aliphatic carbocycles. The number of para-hydroxylation sites is 1. The first-order chi connectivity index (χ1) is 16.8. The van der Waals surface area contributed by atoms with Crippen LogP contribution in [0.1, 0.15) is 30.7 Å². The fraction of sp³-hybridized carbons (Fsp3) is 0.320. The minimum Gasteiger partial charge on any atom is -0.490 e. The van der Waals surface area contributed by atoms with Gasteiger partial charge in [0.25, 0.3) is 5.78 Å². The van der Waals surface area contributed by atoms with E-state index in [-0.39, 0.29) is 12.8 Å². The minimum absolute atomic E-state index is 0.00472. The summed E-state index contributed by atoms with van der Waals surface area (Å²) in [5, 5.41) is 8.81. The van der Waals surface area contributed by atoms with Gasteiger partial charge in [0.1, 0.15) is 22.9 Å². The van der Waals surface area contributed by atoms with E-state index in [0.29, 0.717) is 64.9 Å². The summed E-state index contributed by atoms with van der Waals surface area (Å²) in [6.07, 6.45) is -3.74. The fourth-order valence-electron chi connectivity index (χ4n) is 4.46. The van der Waals surface area contributed by atoms with Crippen LogP contribution in [0, 0.1) is 30.0 Å². The number of alkyl halides is 3. The van der Waals surface area contributed by atoms with E-state index in [1.807, 2.05) is 4.90 Å². The van der Waals surface area contributed by atoms with Crippen LogP contribution in [0.5, 0.6) is 5.75 Å². The Morgan fingerprint density at radius 2 is 1.94 bits per heavy atom. The van der Waals surface area contributed by atoms with E-state index < -0.39 is 17.4 Å². The fourth-order valence-corrected chi connectivity index (χ4v) is 4.46. The molecule has 0 atom stereocenters. The molecule has 3 heterocycles. The van der Waals surface area contributed by atoms with Gasteiger partial charge in [-0.3, -0.25) is 4.40 Å². The first-order valence-corrected chi connectivity index (χ1v) is 11.2. The van der Waals surface area contributed by atoms with Crippen LogP contribution in [-0.2, 0) is 0 Å². The van der Waals surface area contributed by atoms with E-state index in [0.717, 1.165) is 0 Å². The predicted octanol–water partition coefficient (Wildman–Crippen LogP) is 5.34. The van der Waals surface area contributed by atoms with Crippen LogP contribution in [0.4, 0.5) is 29.1 Å². The molecule has 178 valence electrons. The van der Waals surface area contributed by atoms with Crippen molar-refractivity contribution >= 4 is 28.2 Å². The van der Waals surface area contributed by atoms with E-state index in [1.54, 1.807) is 35.6 Å². The molecule has 2 aromatic heterocycles. The second kappa shape index (κ2) is 7.57. The lowest BCUT2D eigenvalue weighted by Crippen LogP contribution is -2.22. The molecule has 1 saturated carbocycles. The number of halogens is 4. The number of ether oxygens (including phenoxy) is 1. The van der Waals surface area contributed by atoms with Crippen molar-refractivity contribution in [2.24, 2.45) is 5.41 Å². The molecule has 0 saturated heterocycles. The molecule has 4 aromatic rings. The van der Waals surface area contributed by atoms with Gasteiger partial charge in [-0.2, -0.15) is 18.2 Å². The molecule has 1 fully saturated rings. The Bertz CT molecular complexity index is 1550. The third-order valence-electron chi connectivity index (χ3n) is 6.50. The first kappa shape index (κ1) is 21.6. The number of hydrogen-bond acceptors (Lipinski definition) is 5. The number of aryl methyl sites for hydroxylation is 1. The number of anilines is 2. The largest absolute Gasteiger partial charge is 0.490 e. The zero-order valence-corrected chi connectivity index (χ0v) is 18.7. The summed E-state index contributed by atoms with van der Waals surface area (Å²) < 4.78 is 62.3. The molecule has 0 unspecified atom stereocenters. The highest BCUT2D eigenvalue weighted by Crippen LogP contribution is 2.57. The summed E-state index contributed by atoms with van der Waals surface area (Å²) in [4.78, 5) is 6.58. The highest BCUT2D eigenvalue weighted by atomic mass is 19.4. The van der Waals surface area contributed by atoms with Crippen LogP contribution in [0.3, 0.4) is 0 Å². The number of aromatic nitrogens is 4. The molecule has 0 spiro atoms. The lowest BCUT2D eigenvalue weighted by molar-refractivity contribution is -0.168. The van der Waals surface area contributed by atoms with Gasteiger partial charge in [-0.15, -0.1) is 10.2 Å². The van der Waals surface area contributed by atoms with Crippen LogP contribution in [0.15, 0.2) is 36.4 Å². The highest BCUT2D eigenvalue weighted by Gasteiger charge is 2.62. The van der Waals surface area contributed by atoms with Crippen LogP contribution in [0.25, 0.3) is 16.7 Å². The Morgan fingerprint density at radius 3 is 2.71 bits per heavy atom. The van der Waals surface area contributed by atoms with Crippen molar-refractivity contribution in [3.63, 3.8) is 0 Å². The van der Waals surface area contributed by atoms with Crippen molar-refractivity contribution in [1.29, 1.82) is 0 Å². The summed E-state index contributed by atoms with van der Waals surface area (Å²) in [7, 11) is 0. The van der Waals surface area contributed by atoms with Crippen molar-refractivity contribution in [3.8, 4) is 17.6 Å². The molecular weight excluding hydrogens is 462 g/mol. The zero-order chi connectivity index (χ0) is 24.4. The Labute approximate surface area is 197 Å². The Kier molecular flexibility index (Phi) is 4.68. The first-order valence-electron chi connectivity index (χ1n) is 11.2. The smallest absolute Gasteiger partial charge is 0.405 e. The van der Waals surface area contributed by atoms with Crippen molar-refractivity contribution in [3.05, 3.63) is 53.6 Å². The van der Waals surface area contributed by atoms with Gasteiger partial charge in [0, 0.05) is 11.9 Å². The summed E-state index contributed by atoms with van der Waals surface area (Å²) in [6.45, 7) is 2.64. The third kappa shape index (κ3) is 3.45. The topological polar surface area (TPSA) is 55.5 Å². The number of rotatable bonds is 1. The molecule has 0 N–H and O–H groups in total. The van der Waals surface area contributed by atoms with Crippen molar-refractivity contribution in [2.75, 3.05) is 18.1 Å². The van der Waals surface area contributed by atoms with E-state index in [4.69, 9.17) is 9.72 Å². The Morgan fingerprint density at radius 1 is 1.11 bits per heavy atom. The third-order valence-corrected chi connectivity index (χ3v) is 6.50. The maximum atomic E-state index is 14.3. The zero-order valence-electron chi connectivity index (χ0n) is 18.7. The molecule has 6 nitrogen and oxygen atoms in total. The van der Waals surface area contributed by atoms with E-state index in [1.165, 1.54) is 12.1 Å². The quantitative estimate of drug-likeness (QED) is 0.271. The lowest BCUT2D eigenvalue weighted by atomic mass is 10.1. The van der Waals surface area contributed by atoms with Gasteiger partial charge in [0.2, 0.25) is 0 Å². The predicted molar refractivity (Wildman–Crippen MR) is 121 cm³/mol. The Hall–Kier alpha value is -3.87. The van der Waals surface area contributed by atoms with Gasteiger partial charge in [-0.05, 0) is 56.5 Å². The van der Waals surface area contributed by atoms with Gasteiger partial charge < -0.3 is 9.64 Å². The summed E-state index contributed by atoms with van der Waals surface area (Å²) in [5.41, 5.74) is -0.270. The molecular formula is C25H19F4N5O. The van der Waals surface area contributed by atoms with Gasteiger partial charge in [0.15, 0.2) is 5.75 Å². The molecule has 6 rings (SSSR count). The van der Waals surface area contributed by atoms with Crippen LogP contribution < -0.4 is 9.64 Å². The van der Waals surface area contributed by atoms with Crippen LogP contribution >= 0.6 is 0 Å². The molecule has 35 heavy (non-hydrogen) atoms. The molecule has 10 heteroatoms. The molecule has 2 aromatic carbocycles. The van der Waals surface area contributed by atoms with Crippen LogP contribution in [0.2, 0.25) is 0 Å². The number of fused-ring (bicyclic) bond motifs is 4.